The number of pyridine rings is 1. The predicted molar refractivity (Wildman–Crippen MR) is 116 cm³/mol. The Hall–Kier alpha value is -2.78. The Kier molecular flexibility index (Phi) is 5.23. The van der Waals surface area contributed by atoms with E-state index >= 15 is 0 Å². The maximum atomic E-state index is 13.4. The predicted octanol–water partition coefficient (Wildman–Crippen LogP) is 3.00. The third-order valence-electron chi connectivity index (χ3n) is 5.98. The van der Waals surface area contributed by atoms with Gasteiger partial charge in [0.25, 0.3) is 11.8 Å². The van der Waals surface area contributed by atoms with E-state index in [9.17, 15) is 9.59 Å². The van der Waals surface area contributed by atoms with E-state index in [1.54, 1.807) is 24.9 Å². The average molecular weight is 441 g/mol. The van der Waals surface area contributed by atoms with E-state index in [2.05, 4.69) is 9.97 Å². The van der Waals surface area contributed by atoms with Gasteiger partial charge in [-0.2, -0.15) is 0 Å². The van der Waals surface area contributed by atoms with Gasteiger partial charge in [0.2, 0.25) is 5.76 Å². The average Bonchev–Trinajstić information content (AvgIpc) is 3.49. The summed E-state index contributed by atoms with van der Waals surface area (Å²) in [5, 5.41) is 1.01. The molecule has 162 valence electrons. The molecule has 2 fully saturated rings. The molecular formula is C22H24N4O4S. The van der Waals surface area contributed by atoms with Gasteiger partial charge in [-0.05, 0) is 25.0 Å². The molecule has 3 aromatic heterocycles. The van der Waals surface area contributed by atoms with Crippen molar-refractivity contribution in [2.75, 3.05) is 39.4 Å². The van der Waals surface area contributed by atoms with Crippen molar-refractivity contribution in [1.29, 1.82) is 0 Å². The van der Waals surface area contributed by atoms with Crippen molar-refractivity contribution >= 4 is 33.4 Å². The molecule has 31 heavy (non-hydrogen) atoms. The van der Waals surface area contributed by atoms with Crippen molar-refractivity contribution in [2.24, 2.45) is 0 Å². The van der Waals surface area contributed by atoms with Crippen LogP contribution in [0.5, 0.6) is 0 Å². The number of hydrogen-bond acceptors (Lipinski definition) is 7. The first-order valence-electron chi connectivity index (χ1n) is 10.5. The van der Waals surface area contributed by atoms with Crippen LogP contribution < -0.4 is 0 Å². The fraction of sp³-hybridized carbons (Fsp3) is 0.455. The molecule has 2 aliphatic heterocycles. The van der Waals surface area contributed by atoms with Gasteiger partial charge in [0, 0.05) is 50.6 Å². The molecule has 5 heterocycles. The van der Waals surface area contributed by atoms with E-state index in [0.29, 0.717) is 56.7 Å². The molecule has 2 saturated heterocycles. The van der Waals surface area contributed by atoms with Crippen LogP contribution in [0, 0.1) is 13.8 Å². The maximum absolute atomic E-state index is 13.4. The summed E-state index contributed by atoms with van der Waals surface area (Å²) < 4.78 is 11.0. The lowest BCUT2D eigenvalue weighted by Gasteiger charge is -2.27. The Bertz CT molecular complexity index is 1150. The van der Waals surface area contributed by atoms with Crippen LogP contribution in [-0.2, 0) is 4.74 Å². The number of likely N-dealkylation sites (tertiary alicyclic amines) is 1. The number of carbonyl (C=O) groups is 2. The molecular weight excluding hydrogens is 416 g/mol. The van der Waals surface area contributed by atoms with Crippen molar-refractivity contribution in [3.8, 4) is 0 Å². The zero-order valence-electron chi connectivity index (χ0n) is 17.6. The van der Waals surface area contributed by atoms with Gasteiger partial charge in [0.05, 0.1) is 23.8 Å². The van der Waals surface area contributed by atoms with Crippen molar-refractivity contribution < 1.29 is 18.7 Å². The van der Waals surface area contributed by atoms with Gasteiger partial charge in [-0.3, -0.25) is 9.59 Å². The highest BCUT2D eigenvalue weighted by Gasteiger charge is 2.35. The topological polar surface area (TPSA) is 88.8 Å². The second kappa shape index (κ2) is 8.05. The number of rotatable bonds is 3. The fourth-order valence-electron chi connectivity index (χ4n) is 4.48. The molecule has 5 rings (SSSR count). The highest BCUT2D eigenvalue weighted by Crippen LogP contribution is 2.40. The van der Waals surface area contributed by atoms with Crippen molar-refractivity contribution in [3.05, 3.63) is 46.1 Å². The number of morpholine rings is 1. The van der Waals surface area contributed by atoms with Gasteiger partial charge >= 0.3 is 0 Å². The number of carbonyl (C=O) groups excluding carboxylic acids is 2. The molecule has 9 heteroatoms. The summed E-state index contributed by atoms with van der Waals surface area (Å²) in [6, 6.07) is 3.93. The number of fused-ring (bicyclic) bond motifs is 1. The Morgan fingerprint density at radius 1 is 1.13 bits per heavy atom. The molecule has 0 saturated carbocycles. The molecule has 0 N–H and O–H groups in total. The van der Waals surface area contributed by atoms with E-state index < -0.39 is 0 Å². The third kappa shape index (κ3) is 3.61. The van der Waals surface area contributed by atoms with Gasteiger partial charge in [0.1, 0.15) is 4.83 Å². The first-order valence-corrected chi connectivity index (χ1v) is 11.3. The number of hydrogen-bond donors (Lipinski definition) is 0. The van der Waals surface area contributed by atoms with E-state index in [-0.39, 0.29) is 17.7 Å². The minimum atomic E-state index is -0.140. The number of oxazole rings is 1. The second-order valence-corrected chi connectivity index (χ2v) is 8.99. The lowest BCUT2D eigenvalue weighted by atomic mass is 9.95. The summed E-state index contributed by atoms with van der Waals surface area (Å²) in [7, 11) is 0. The van der Waals surface area contributed by atoms with Gasteiger partial charge < -0.3 is 19.0 Å². The Labute approximate surface area is 183 Å². The molecule has 2 amide bonds. The van der Waals surface area contributed by atoms with Gasteiger partial charge in [0.15, 0.2) is 5.89 Å². The zero-order chi connectivity index (χ0) is 21.5. The van der Waals surface area contributed by atoms with Crippen LogP contribution in [0.25, 0.3) is 10.2 Å². The smallest absolute Gasteiger partial charge is 0.291 e. The molecule has 8 nitrogen and oxygen atoms in total. The molecule has 1 atom stereocenters. The van der Waals surface area contributed by atoms with Gasteiger partial charge in [-0.1, -0.05) is 6.07 Å². The summed E-state index contributed by atoms with van der Waals surface area (Å²) >= 11 is 1.45. The standard InChI is InChI=1S/C22H24N4O4S/c1-13-18(30-14(2)24-13)21(27)26-7-5-15(12-26)17-16-4-3-6-23-20(16)31-19(17)22(28)25-8-10-29-11-9-25/h3-4,6,15H,5,7-12H2,1-2H3/t15-/m1/s1. The largest absolute Gasteiger partial charge is 0.436 e. The number of nitrogens with zero attached hydrogens (tertiary/aromatic N) is 4. The lowest BCUT2D eigenvalue weighted by molar-refractivity contribution is 0.0305. The van der Waals surface area contributed by atoms with E-state index in [4.69, 9.17) is 9.15 Å². The van der Waals surface area contributed by atoms with Gasteiger partial charge in [-0.25, -0.2) is 9.97 Å². The molecule has 0 aliphatic carbocycles. The summed E-state index contributed by atoms with van der Waals surface area (Å²) in [6.07, 6.45) is 2.55. The summed E-state index contributed by atoms with van der Waals surface area (Å²) in [4.78, 5) is 40.4. The van der Waals surface area contributed by atoms with Crippen LogP contribution in [0.4, 0.5) is 0 Å². The normalized spacial score (nSPS) is 19.4. The number of aryl methyl sites for hydroxylation is 2. The highest BCUT2D eigenvalue weighted by atomic mass is 32.1. The first-order chi connectivity index (χ1) is 15.0. The van der Waals surface area contributed by atoms with E-state index in [1.807, 2.05) is 17.0 Å². The maximum Gasteiger partial charge on any atom is 0.291 e. The summed E-state index contributed by atoms with van der Waals surface area (Å²) in [6.45, 7) is 7.00. The molecule has 0 unspecified atom stereocenters. The van der Waals surface area contributed by atoms with E-state index in [0.717, 1.165) is 27.1 Å². The van der Waals surface area contributed by atoms with Crippen molar-refractivity contribution in [2.45, 2.75) is 26.2 Å². The van der Waals surface area contributed by atoms with Crippen LogP contribution in [0.1, 0.15) is 49.7 Å². The van der Waals surface area contributed by atoms with Gasteiger partial charge in [-0.15, -0.1) is 11.3 Å². The minimum Gasteiger partial charge on any atom is -0.436 e. The van der Waals surface area contributed by atoms with Crippen molar-refractivity contribution in [1.82, 2.24) is 19.8 Å². The monoisotopic (exact) mass is 440 g/mol. The number of ether oxygens (including phenoxy) is 1. The third-order valence-corrected chi connectivity index (χ3v) is 7.10. The fourth-order valence-corrected chi connectivity index (χ4v) is 5.68. The number of amides is 2. The van der Waals surface area contributed by atoms with Crippen LogP contribution in [0.3, 0.4) is 0 Å². The molecule has 3 aromatic rings. The number of aromatic nitrogens is 2. The van der Waals surface area contributed by atoms with E-state index in [1.165, 1.54) is 11.3 Å². The summed E-state index contributed by atoms with van der Waals surface area (Å²) in [5.74, 6) is 0.766. The highest BCUT2D eigenvalue weighted by molar-refractivity contribution is 7.20. The first kappa shape index (κ1) is 20.1. The van der Waals surface area contributed by atoms with Crippen LogP contribution in [0.2, 0.25) is 0 Å². The lowest BCUT2D eigenvalue weighted by Crippen LogP contribution is -2.40. The molecule has 0 bridgehead atoms. The zero-order valence-corrected chi connectivity index (χ0v) is 18.4. The Morgan fingerprint density at radius 2 is 1.94 bits per heavy atom. The SMILES string of the molecule is Cc1nc(C)c(C(=O)N2CC[C@@H](c3c(C(=O)N4CCOCC4)sc4ncccc34)C2)o1. The Morgan fingerprint density at radius 3 is 2.68 bits per heavy atom. The Balaban J connectivity index is 1.46. The van der Waals surface area contributed by atoms with Crippen LogP contribution in [0.15, 0.2) is 22.7 Å². The second-order valence-electron chi connectivity index (χ2n) is 7.99. The van der Waals surface area contributed by atoms with Crippen LogP contribution >= 0.6 is 11.3 Å². The molecule has 0 radical (unpaired) electrons. The summed E-state index contributed by atoms with van der Waals surface area (Å²) in [5.41, 5.74) is 1.63. The number of thiophene rings is 1. The van der Waals surface area contributed by atoms with Crippen LogP contribution in [-0.4, -0.2) is 71.0 Å². The molecule has 2 aliphatic rings. The molecule has 0 spiro atoms. The van der Waals surface area contributed by atoms with Crippen molar-refractivity contribution in [3.63, 3.8) is 0 Å². The minimum absolute atomic E-state index is 0.0350. The quantitative estimate of drug-likeness (QED) is 0.622. The molecule has 0 aromatic carbocycles.